The molecule has 0 radical (unpaired) electrons. The first kappa shape index (κ1) is 25.1. The number of esters is 1. The number of hydrogen-bond donors (Lipinski definition) is 2. The molecule has 2 N–H and O–H groups in total. The van der Waals surface area contributed by atoms with Gasteiger partial charge in [-0.3, -0.25) is 9.59 Å². The number of carboxylic acids is 1. The van der Waals surface area contributed by atoms with E-state index < -0.39 is 5.97 Å². The molecular weight excluding hydrogens is 442 g/mol. The Kier molecular flexibility index (Phi) is 7.99. The lowest BCUT2D eigenvalue weighted by molar-refractivity contribution is -0.143. The summed E-state index contributed by atoms with van der Waals surface area (Å²) in [5.41, 5.74) is 3.13. The number of aryl methyl sites for hydroxylation is 1. The molecular formula is C29H37NO5. The number of fused-ring (bicyclic) bond motifs is 3. The second-order valence-electron chi connectivity index (χ2n) is 10.1. The van der Waals surface area contributed by atoms with Crippen molar-refractivity contribution >= 4 is 17.6 Å². The molecule has 0 bridgehead atoms. The lowest BCUT2D eigenvalue weighted by Crippen LogP contribution is -2.41. The Morgan fingerprint density at radius 3 is 2.66 bits per heavy atom. The van der Waals surface area contributed by atoms with Gasteiger partial charge in [0, 0.05) is 35.8 Å². The minimum atomic E-state index is -0.743. The average molecular weight is 480 g/mol. The van der Waals surface area contributed by atoms with Gasteiger partial charge in [-0.2, -0.15) is 0 Å². The van der Waals surface area contributed by atoms with Crippen LogP contribution in [0.4, 0.5) is 5.69 Å². The Bertz CT molecular complexity index is 1040. The van der Waals surface area contributed by atoms with Crippen molar-refractivity contribution in [3.63, 3.8) is 0 Å². The first-order chi connectivity index (χ1) is 16.9. The second-order valence-corrected chi connectivity index (χ2v) is 10.1. The number of carboxylic acid groups (broad SMARTS) is 1. The predicted octanol–water partition coefficient (Wildman–Crippen LogP) is 6.19. The summed E-state index contributed by atoms with van der Waals surface area (Å²) in [5.74, 6) is 0.0899. The molecule has 0 saturated heterocycles. The Hall–Kier alpha value is -3.02. The Balaban J connectivity index is 1.55. The SMILES string of the molecule is CCC(=O)Oc1cc(OC(C)CCCc2ccccc2)cc2c1[C@@H]1C[C@H](C(=O)O)CC[C@@H]1C(C)N2. The molecule has 0 amide bonds. The third-order valence-electron chi connectivity index (χ3n) is 7.53. The lowest BCUT2D eigenvalue weighted by atomic mass is 9.66. The lowest BCUT2D eigenvalue weighted by Gasteiger charge is -2.44. The van der Waals surface area contributed by atoms with Crippen LogP contribution in [0.25, 0.3) is 0 Å². The number of benzene rings is 2. The van der Waals surface area contributed by atoms with Gasteiger partial charge >= 0.3 is 11.9 Å². The number of hydrogen-bond acceptors (Lipinski definition) is 5. The number of carbonyl (C=O) groups excluding carboxylic acids is 1. The summed E-state index contributed by atoms with van der Waals surface area (Å²) >= 11 is 0. The van der Waals surface area contributed by atoms with E-state index in [9.17, 15) is 14.7 Å². The number of carbonyl (C=O) groups is 2. The molecule has 1 saturated carbocycles. The molecule has 1 fully saturated rings. The summed E-state index contributed by atoms with van der Waals surface area (Å²) in [7, 11) is 0. The molecule has 6 heteroatoms. The third-order valence-corrected chi connectivity index (χ3v) is 7.53. The zero-order valence-corrected chi connectivity index (χ0v) is 21.0. The van der Waals surface area contributed by atoms with Gasteiger partial charge < -0.3 is 19.9 Å². The fourth-order valence-electron chi connectivity index (χ4n) is 5.68. The van der Waals surface area contributed by atoms with Crippen LogP contribution in [0.1, 0.15) is 76.3 Å². The zero-order chi connectivity index (χ0) is 24.9. The summed E-state index contributed by atoms with van der Waals surface area (Å²) in [6.45, 7) is 5.99. The van der Waals surface area contributed by atoms with E-state index in [1.807, 2.05) is 18.2 Å². The Morgan fingerprint density at radius 1 is 1.17 bits per heavy atom. The van der Waals surface area contributed by atoms with Gasteiger partial charge in [0.05, 0.1) is 12.0 Å². The molecule has 2 aliphatic rings. The molecule has 2 aromatic carbocycles. The van der Waals surface area contributed by atoms with Crippen LogP contribution in [0.3, 0.4) is 0 Å². The van der Waals surface area contributed by atoms with Crippen molar-refractivity contribution < 1.29 is 24.2 Å². The van der Waals surface area contributed by atoms with Gasteiger partial charge in [-0.15, -0.1) is 0 Å². The first-order valence-electron chi connectivity index (χ1n) is 12.9. The minimum absolute atomic E-state index is 0.00585. The van der Waals surface area contributed by atoms with Gasteiger partial charge in [-0.25, -0.2) is 0 Å². The van der Waals surface area contributed by atoms with Crippen LogP contribution in [0.5, 0.6) is 11.5 Å². The number of nitrogens with one attached hydrogen (secondary N) is 1. The average Bonchev–Trinajstić information content (AvgIpc) is 2.84. The van der Waals surface area contributed by atoms with E-state index >= 15 is 0 Å². The first-order valence-corrected chi connectivity index (χ1v) is 12.9. The number of aliphatic carboxylic acids is 1. The molecule has 6 nitrogen and oxygen atoms in total. The fourth-order valence-corrected chi connectivity index (χ4v) is 5.68. The maximum absolute atomic E-state index is 12.3. The zero-order valence-electron chi connectivity index (χ0n) is 21.0. The molecule has 0 spiro atoms. The largest absolute Gasteiger partial charge is 0.491 e. The Morgan fingerprint density at radius 2 is 1.94 bits per heavy atom. The van der Waals surface area contributed by atoms with Gasteiger partial charge in [0.25, 0.3) is 0 Å². The van der Waals surface area contributed by atoms with Gasteiger partial charge in [-0.05, 0) is 69.8 Å². The standard InChI is InChI=1S/C29H37NO5/c1-4-27(31)35-26-17-22(34-18(2)9-8-12-20-10-6-5-7-11-20)16-25-28(26)24-15-21(29(32)33)13-14-23(24)19(3)30-25/h5-7,10-11,16-19,21,23-24,30H,4,8-9,12-15H2,1-3H3,(H,32,33)/t18?,19?,21-,23-,24-/m1/s1. The van der Waals surface area contributed by atoms with Crippen molar-refractivity contribution in [3.8, 4) is 11.5 Å². The van der Waals surface area contributed by atoms with Gasteiger partial charge in [0.1, 0.15) is 11.5 Å². The van der Waals surface area contributed by atoms with E-state index in [0.717, 1.165) is 36.9 Å². The molecule has 1 heterocycles. The van der Waals surface area contributed by atoms with Crippen molar-refractivity contribution in [3.05, 3.63) is 53.6 Å². The normalized spacial score (nSPS) is 23.9. The third kappa shape index (κ3) is 5.98. The van der Waals surface area contributed by atoms with E-state index in [1.165, 1.54) is 5.56 Å². The summed E-state index contributed by atoms with van der Waals surface area (Å²) in [4.78, 5) is 24.1. The summed E-state index contributed by atoms with van der Waals surface area (Å²) in [6.07, 6.45) is 5.29. The summed E-state index contributed by atoms with van der Waals surface area (Å²) in [6, 6.07) is 14.4. The van der Waals surface area contributed by atoms with Crippen molar-refractivity contribution in [2.24, 2.45) is 11.8 Å². The topological polar surface area (TPSA) is 84.9 Å². The molecule has 5 atom stereocenters. The highest BCUT2D eigenvalue weighted by Crippen LogP contribution is 2.52. The van der Waals surface area contributed by atoms with Gasteiger partial charge in [-0.1, -0.05) is 37.3 Å². The van der Waals surface area contributed by atoms with Crippen molar-refractivity contribution in [2.45, 2.75) is 83.8 Å². The van der Waals surface area contributed by atoms with E-state index in [2.05, 4.69) is 43.4 Å². The molecule has 1 aliphatic carbocycles. The second kappa shape index (κ2) is 11.1. The van der Waals surface area contributed by atoms with E-state index in [-0.39, 0.29) is 36.4 Å². The van der Waals surface area contributed by atoms with Crippen LogP contribution in [0, 0.1) is 11.8 Å². The highest BCUT2D eigenvalue weighted by Gasteiger charge is 2.43. The van der Waals surface area contributed by atoms with E-state index in [0.29, 0.717) is 30.3 Å². The van der Waals surface area contributed by atoms with E-state index in [1.54, 1.807) is 6.92 Å². The number of ether oxygens (including phenoxy) is 2. The monoisotopic (exact) mass is 479 g/mol. The number of rotatable bonds is 9. The van der Waals surface area contributed by atoms with Crippen LogP contribution in [0.2, 0.25) is 0 Å². The van der Waals surface area contributed by atoms with Crippen LogP contribution in [-0.2, 0) is 16.0 Å². The highest BCUT2D eigenvalue weighted by atomic mass is 16.5. The molecule has 2 aromatic rings. The number of anilines is 1. The van der Waals surface area contributed by atoms with Crippen molar-refractivity contribution in [1.29, 1.82) is 0 Å². The van der Waals surface area contributed by atoms with Crippen LogP contribution in [-0.4, -0.2) is 29.2 Å². The maximum Gasteiger partial charge on any atom is 0.310 e. The van der Waals surface area contributed by atoms with Crippen molar-refractivity contribution in [1.82, 2.24) is 0 Å². The van der Waals surface area contributed by atoms with Gasteiger partial charge in [0.15, 0.2) is 0 Å². The summed E-state index contributed by atoms with van der Waals surface area (Å²) in [5, 5.41) is 13.3. The molecule has 1 aliphatic heterocycles. The molecule has 188 valence electrons. The molecule has 35 heavy (non-hydrogen) atoms. The summed E-state index contributed by atoms with van der Waals surface area (Å²) < 4.78 is 12.1. The molecule has 0 aromatic heterocycles. The highest BCUT2D eigenvalue weighted by molar-refractivity contribution is 5.76. The Labute approximate surface area is 208 Å². The van der Waals surface area contributed by atoms with Gasteiger partial charge in [0.2, 0.25) is 0 Å². The maximum atomic E-state index is 12.3. The van der Waals surface area contributed by atoms with E-state index in [4.69, 9.17) is 9.47 Å². The van der Waals surface area contributed by atoms with Crippen LogP contribution < -0.4 is 14.8 Å². The van der Waals surface area contributed by atoms with Crippen molar-refractivity contribution in [2.75, 3.05) is 5.32 Å². The predicted molar refractivity (Wildman–Crippen MR) is 136 cm³/mol. The minimum Gasteiger partial charge on any atom is -0.491 e. The smallest absolute Gasteiger partial charge is 0.310 e. The van der Waals surface area contributed by atoms with Crippen LogP contribution in [0.15, 0.2) is 42.5 Å². The quantitative estimate of drug-likeness (QED) is 0.329. The molecule has 4 rings (SSSR count). The molecule has 2 unspecified atom stereocenters. The van der Waals surface area contributed by atoms with Crippen LogP contribution >= 0.6 is 0 Å². The fraction of sp³-hybridized carbons (Fsp3) is 0.517.